The van der Waals surface area contributed by atoms with Crippen LogP contribution >= 0.6 is 11.3 Å². The third-order valence-corrected chi connectivity index (χ3v) is 8.61. The van der Waals surface area contributed by atoms with Gasteiger partial charge in [0.2, 0.25) is 6.10 Å². The van der Waals surface area contributed by atoms with Crippen molar-refractivity contribution in [2.45, 2.75) is 55.8 Å². The van der Waals surface area contributed by atoms with Crippen LogP contribution in [0.15, 0.2) is 47.9 Å². The summed E-state index contributed by atoms with van der Waals surface area (Å²) in [6, 6.07) is 11.4. The lowest BCUT2D eigenvalue weighted by atomic mass is 9.89. The summed E-state index contributed by atoms with van der Waals surface area (Å²) in [5, 5.41) is 16.9. The molecule has 2 saturated heterocycles. The van der Waals surface area contributed by atoms with E-state index in [1.165, 1.54) is 0 Å². The second-order valence-corrected chi connectivity index (χ2v) is 10.7. The maximum atomic E-state index is 13.1. The average molecular weight is 539 g/mol. The second kappa shape index (κ2) is 8.69. The number of aliphatic hydroxyl groups is 1. The van der Waals surface area contributed by atoms with Crippen LogP contribution in [0.25, 0.3) is 16.7 Å². The van der Waals surface area contributed by atoms with Crippen LogP contribution in [0.1, 0.15) is 54.8 Å². The summed E-state index contributed by atoms with van der Waals surface area (Å²) in [7, 11) is 1.89. The molecule has 6 rings (SSSR count). The number of carbonyl (C=O) groups is 3. The molecule has 2 aromatic heterocycles. The number of carbonyl (C=O) groups excluding carboxylic acids is 3. The molecule has 4 unspecified atom stereocenters. The number of hydrogen-bond donors (Lipinski definition) is 3. The Morgan fingerprint density at radius 2 is 1.92 bits per heavy atom. The summed E-state index contributed by atoms with van der Waals surface area (Å²) >= 11 is 1.63. The number of H-pyrrole nitrogens is 1. The maximum Gasteiger partial charge on any atom is 0.466 e. The van der Waals surface area contributed by atoms with Crippen LogP contribution in [0.4, 0.5) is 0 Å². The Labute approximate surface area is 221 Å². The van der Waals surface area contributed by atoms with Gasteiger partial charge in [0, 0.05) is 21.3 Å². The summed E-state index contributed by atoms with van der Waals surface area (Å²) in [6.07, 6.45) is 0.114. The standard InChI is InChI=1S/C27H26N2O8S/c1-3-25(28-2,18-9-6-12-38-18)11-10-17-22-21(15-7-4-5-8-16(15)29-22)23-27(35-17)36-20(31)14-26(33,24(32)37-27)13-19(30)34-23/h4-10,12,23,28-29,33H,3,11,13-14H2,1-2H3/b17-10+. The first-order chi connectivity index (χ1) is 18.2. The molecule has 2 fully saturated rings. The van der Waals surface area contributed by atoms with Gasteiger partial charge in [-0.05, 0) is 43.5 Å². The Balaban J connectivity index is 1.55. The number of fused-ring (bicyclic) bond motifs is 6. The smallest absolute Gasteiger partial charge is 0.444 e. The SMILES string of the molecule is CCC(C/C=C1/OC23OC(=O)CC(O)(CC(=O)OC2c2c1[nH]c1ccccc21)C(=O)O3)(NC)c1cccs1. The first-order valence-electron chi connectivity index (χ1n) is 12.3. The first kappa shape index (κ1) is 24.7. The Hall–Kier alpha value is -3.67. The van der Waals surface area contributed by atoms with E-state index in [2.05, 4.69) is 23.3 Å². The minimum Gasteiger partial charge on any atom is -0.444 e. The highest BCUT2D eigenvalue weighted by Gasteiger charge is 2.65. The molecule has 1 spiro atoms. The molecule has 5 heterocycles. The monoisotopic (exact) mass is 538 g/mol. The third-order valence-electron chi connectivity index (χ3n) is 7.53. The van der Waals surface area contributed by atoms with Gasteiger partial charge in [0.15, 0.2) is 5.60 Å². The number of nitrogens with one attached hydrogen (secondary N) is 2. The highest BCUT2D eigenvalue weighted by atomic mass is 32.1. The van der Waals surface area contributed by atoms with E-state index in [0.717, 1.165) is 16.8 Å². The van der Waals surface area contributed by atoms with Crippen LogP contribution in [-0.4, -0.2) is 46.6 Å². The van der Waals surface area contributed by atoms with Gasteiger partial charge in [-0.3, -0.25) is 9.59 Å². The van der Waals surface area contributed by atoms with Crippen molar-refractivity contribution in [1.29, 1.82) is 0 Å². The summed E-state index contributed by atoms with van der Waals surface area (Å²) in [4.78, 5) is 43.2. The predicted octanol–water partition coefficient (Wildman–Crippen LogP) is 3.38. The number of ether oxygens (including phenoxy) is 4. The second-order valence-electron chi connectivity index (χ2n) is 9.72. The molecule has 0 radical (unpaired) electrons. The van der Waals surface area contributed by atoms with Crippen molar-refractivity contribution in [2.75, 3.05) is 7.05 Å². The maximum absolute atomic E-state index is 13.1. The van der Waals surface area contributed by atoms with Gasteiger partial charge < -0.3 is 34.4 Å². The Morgan fingerprint density at radius 1 is 1.13 bits per heavy atom. The van der Waals surface area contributed by atoms with Crippen molar-refractivity contribution in [3.63, 3.8) is 0 Å². The molecule has 1 aromatic carbocycles. The minimum atomic E-state index is -2.45. The van der Waals surface area contributed by atoms with Crippen molar-refractivity contribution in [3.8, 4) is 0 Å². The largest absolute Gasteiger partial charge is 0.466 e. The van der Waals surface area contributed by atoms with Crippen LogP contribution in [0.3, 0.4) is 0 Å². The molecule has 38 heavy (non-hydrogen) atoms. The van der Waals surface area contributed by atoms with Gasteiger partial charge >= 0.3 is 23.9 Å². The van der Waals surface area contributed by atoms with E-state index in [-0.39, 0.29) is 5.76 Å². The van der Waals surface area contributed by atoms with E-state index in [4.69, 9.17) is 18.9 Å². The van der Waals surface area contributed by atoms with Crippen LogP contribution < -0.4 is 5.32 Å². The Kier molecular flexibility index (Phi) is 5.64. The number of thiophene rings is 1. The molecule has 3 aliphatic heterocycles. The lowest BCUT2D eigenvalue weighted by Gasteiger charge is -2.41. The summed E-state index contributed by atoms with van der Waals surface area (Å²) < 4.78 is 23.1. The van der Waals surface area contributed by atoms with Gasteiger partial charge in [-0.25, -0.2) is 4.79 Å². The molecule has 10 nitrogen and oxygen atoms in total. The minimum absolute atomic E-state index is 0.250. The molecule has 0 amide bonds. The van der Waals surface area contributed by atoms with E-state index >= 15 is 0 Å². The normalized spacial score (nSPS) is 29.2. The molecule has 0 saturated carbocycles. The van der Waals surface area contributed by atoms with Crippen LogP contribution in [-0.2, 0) is 38.9 Å². The van der Waals surface area contributed by atoms with Gasteiger partial charge in [0.1, 0.15) is 5.76 Å². The molecule has 3 aliphatic rings. The van der Waals surface area contributed by atoms with Crippen molar-refractivity contribution in [3.05, 3.63) is 64.0 Å². The number of para-hydroxylation sites is 1. The van der Waals surface area contributed by atoms with Gasteiger partial charge in [-0.15, -0.1) is 11.3 Å². The quantitative estimate of drug-likeness (QED) is 0.418. The molecular formula is C27H26N2O8S. The molecule has 2 bridgehead atoms. The van der Waals surface area contributed by atoms with E-state index < -0.39 is 54.0 Å². The van der Waals surface area contributed by atoms with E-state index in [1.807, 2.05) is 48.8 Å². The zero-order valence-corrected chi connectivity index (χ0v) is 21.6. The fourth-order valence-electron chi connectivity index (χ4n) is 5.42. The van der Waals surface area contributed by atoms with Gasteiger partial charge in [0.25, 0.3) is 0 Å². The molecule has 4 atom stereocenters. The fraction of sp³-hybridized carbons (Fsp3) is 0.370. The number of hydrogen-bond acceptors (Lipinski definition) is 10. The molecule has 198 valence electrons. The summed E-state index contributed by atoms with van der Waals surface area (Å²) in [5.41, 5.74) is -1.16. The van der Waals surface area contributed by atoms with Crippen molar-refractivity contribution >= 4 is 45.9 Å². The van der Waals surface area contributed by atoms with Gasteiger partial charge in [-0.1, -0.05) is 31.2 Å². The predicted molar refractivity (Wildman–Crippen MR) is 135 cm³/mol. The van der Waals surface area contributed by atoms with Crippen molar-refractivity contribution in [1.82, 2.24) is 10.3 Å². The van der Waals surface area contributed by atoms with E-state index in [9.17, 15) is 19.5 Å². The van der Waals surface area contributed by atoms with E-state index in [1.54, 1.807) is 11.3 Å². The Bertz CT molecular complexity index is 1470. The Morgan fingerprint density at radius 3 is 2.66 bits per heavy atom. The molecule has 11 heteroatoms. The summed E-state index contributed by atoms with van der Waals surface area (Å²) in [5.74, 6) is -5.23. The van der Waals surface area contributed by atoms with Crippen molar-refractivity contribution in [2.24, 2.45) is 0 Å². The number of benzene rings is 1. The lowest BCUT2D eigenvalue weighted by molar-refractivity contribution is -0.364. The fourth-order valence-corrected chi connectivity index (χ4v) is 6.44. The molecule has 0 aliphatic carbocycles. The highest BCUT2D eigenvalue weighted by Crippen LogP contribution is 2.52. The molecule has 3 aromatic rings. The zero-order chi connectivity index (χ0) is 26.7. The van der Waals surface area contributed by atoms with Gasteiger partial charge in [0.05, 0.1) is 24.1 Å². The topological polar surface area (TPSA) is 136 Å². The zero-order valence-electron chi connectivity index (χ0n) is 20.7. The number of rotatable bonds is 5. The number of aromatic nitrogens is 1. The summed E-state index contributed by atoms with van der Waals surface area (Å²) in [6.45, 7) is 2.07. The number of esters is 3. The highest BCUT2D eigenvalue weighted by molar-refractivity contribution is 7.10. The molecular weight excluding hydrogens is 512 g/mol. The van der Waals surface area contributed by atoms with Crippen LogP contribution in [0, 0.1) is 0 Å². The first-order valence-corrected chi connectivity index (χ1v) is 13.2. The molecule has 3 N–H and O–H groups in total. The lowest BCUT2D eigenvalue weighted by Crippen LogP contribution is -2.54. The van der Waals surface area contributed by atoms with Crippen molar-refractivity contribution < 1.29 is 38.4 Å². The third kappa shape index (κ3) is 3.64. The average Bonchev–Trinajstić information content (AvgIpc) is 3.54. The van der Waals surface area contributed by atoms with E-state index in [0.29, 0.717) is 23.1 Å². The number of aromatic amines is 1. The van der Waals surface area contributed by atoms with Crippen LogP contribution in [0.5, 0.6) is 0 Å². The van der Waals surface area contributed by atoms with Gasteiger partial charge in [-0.2, -0.15) is 0 Å². The van der Waals surface area contributed by atoms with Crippen LogP contribution in [0.2, 0.25) is 0 Å².